The second-order valence-electron chi connectivity index (χ2n) is 2.01. The Balaban J connectivity index is 3.00. The third-order valence-corrected chi connectivity index (χ3v) is 1.97. The minimum absolute atomic E-state index is 0.301. The van der Waals surface area contributed by atoms with Gasteiger partial charge in [0.15, 0.2) is 0 Å². The lowest BCUT2D eigenvalue weighted by Gasteiger charge is -2.03. The molecule has 0 amide bonds. The van der Waals surface area contributed by atoms with Crippen molar-refractivity contribution in [2.45, 2.75) is 4.90 Å². The highest BCUT2D eigenvalue weighted by Gasteiger charge is 1.89. The Labute approximate surface area is 67.8 Å². The maximum atomic E-state index is 10.4. The number of rotatable bonds is 2. The first-order chi connectivity index (χ1) is 5.24. The molecule has 2 nitrogen and oxygen atoms in total. The summed E-state index contributed by atoms with van der Waals surface area (Å²) in [6.07, 6.45) is 1.66. The van der Waals surface area contributed by atoms with Crippen LogP contribution in [0, 0.1) is 0 Å². The summed E-state index contributed by atoms with van der Waals surface area (Å²) in [6, 6.07) is 6.50. The fourth-order valence-corrected chi connectivity index (χ4v) is 1.07. The zero-order chi connectivity index (χ0) is 8.27. The summed E-state index contributed by atoms with van der Waals surface area (Å²) in [5.74, 6) is 0. The van der Waals surface area contributed by atoms with Gasteiger partial charge in [-0.2, -0.15) is 0 Å². The smallest absolute Gasteiger partial charge is 0.0249 e. The van der Waals surface area contributed by atoms with Crippen molar-refractivity contribution in [3.63, 3.8) is 0 Å². The Morgan fingerprint density at radius 3 is 2.27 bits per heavy atom. The molecule has 1 aromatic carbocycles. The summed E-state index contributed by atoms with van der Waals surface area (Å²) >= 11 is -2.12. The minimum atomic E-state index is -2.12. The lowest BCUT2D eigenvalue weighted by Crippen LogP contribution is -1.87. The molecule has 0 aromatic heterocycles. The van der Waals surface area contributed by atoms with E-state index in [4.69, 9.17) is 0 Å². The topological polar surface area (TPSA) is 40.1 Å². The first kappa shape index (κ1) is 8.17. The molecule has 58 valence electrons. The van der Waals surface area contributed by atoms with E-state index >= 15 is 0 Å². The van der Waals surface area contributed by atoms with E-state index in [2.05, 4.69) is 6.58 Å². The van der Waals surface area contributed by atoms with Crippen molar-refractivity contribution in [1.29, 1.82) is 0 Å². The minimum Gasteiger partial charge on any atom is -0.768 e. The van der Waals surface area contributed by atoms with Crippen molar-refractivity contribution in [1.82, 2.24) is 0 Å². The van der Waals surface area contributed by atoms with Gasteiger partial charge in [-0.3, -0.25) is 4.21 Å². The molecule has 1 atom stereocenters. The van der Waals surface area contributed by atoms with Crippen molar-refractivity contribution in [3.05, 3.63) is 36.4 Å². The van der Waals surface area contributed by atoms with Crippen molar-refractivity contribution < 1.29 is 8.76 Å². The zero-order valence-electron chi connectivity index (χ0n) is 5.82. The van der Waals surface area contributed by atoms with Crippen LogP contribution in [0.5, 0.6) is 0 Å². The summed E-state index contributed by atoms with van der Waals surface area (Å²) in [4.78, 5) is 0.301. The highest BCUT2D eigenvalue weighted by Crippen LogP contribution is 2.07. The van der Waals surface area contributed by atoms with E-state index in [9.17, 15) is 8.76 Å². The average Bonchev–Trinajstić information content (AvgIpc) is 2.05. The molecule has 0 saturated heterocycles. The molecule has 3 heteroatoms. The molecular weight excluding hydrogens is 160 g/mol. The predicted octanol–water partition coefficient (Wildman–Crippen LogP) is 1.57. The van der Waals surface area contributed by atoms with E-state index in [-0.39, 0.29) is 0 Å². The molecule has 0 N–H and O–H groups in total. The first-order valence-electron chi connectivity index (χ1n) is 3.06. The number of benzene rings is 1. The molecule has 0 saturated carbocycles. The SMILES string of the molecule is C=Cc1ccc(S(=O)[O-])cc1. The summed E-state index contributed by atoms with van der Waals surface area (Å²) in [5.41, 5.74) is 0.916. The molecule has 1 unspecified atom stereocenters. The quantitative estimate of drug-likeness (QED) is 0.627. The number of hydrogen-bond donors (Lipinski definition) is 0. The van der Waals surface area contributed by atoms with Crippen LogP contribution in [0.3, 0.4) is 0 Å². The lowest BCUT2D eigenvalue weighted by atomic mass is 10.2. The van der Waals surface area contributed by atoms with Crippen LogP contribution in [0.1, 0.15) is 5.56 Å². The van der Waals surface area contributed by atoms with Crippen LogP contribution in [-0.4, -0.2) is 8.76 Å². The highest BCUT2D eigenvalue weighted by atomic mass is 32.2. The standard InChI is InChI=1S/C8H8O2S/c1-2-7-3-5-8(6-4-7)11(9)10/h2-6H,1H2,(H,9,10)/p-1. The second-order valence-corrected chi connectivity index (χ2v) is 2.95. The van der Waals surface area contributed by atoms with Gasteiger partial charge < -0.3 is 4.55 Å². The Morgan fingerprint density at radius 2 is 1.91 bits per heavy atom. The fraction of sp³-hybridized carbons (Fsp3) is 0. The summed E-state index contributed by atoms with van der Waals surface area (Å²) < 4.78 is 20.7. The molecule has 0 bridgehead atoms. The van der Waals surface area contributed by atoms with Crippen molar-refractivity contribution in [2.24, 2.45) is 0 Å². The molecule has 11 heavy (non-hydrogen) atoms. The molecule has 1 aromatic rings. The van der Waals surface area contributed by atoms with Crippen LogP contribution in [0.25, 0.3) is 6.08 Å². The van der Waals surface area contributed by atoms with E-state index in [1.54, 1.807) is 30.3 Å². The van der Waals surface area contributed by atoms with Crippen molar-refractivity contribution >= 4 is 17.2 Å². The third kappa shape index (κ3) is 2.00. The van der Waals surface area contributed by atoms with Crippen molar-refractivity contribution in [2.75, 3.05) is 0 Å². The number of hydrogen-bond acceptors (Lipinski definition) is 2. The van der Waals surface area contributed by atoms with E-state index in [1.807, 2.05) is 0 Å². The van der Waals surface area contributed by atoms with Crippen molar-refractivity contribution in [3.8, 4) is 0 Å². The average molecular weight is 167 g/mol. The maximum Gasteiger partial charge on any atom is 0.0249 e. The Bertz CT molecular complexity index is 277. The van der Waals surface area contributed by atoms with E-state index in [0.29, 0.717) is 4.90 Å². The molecule has 0 aliphatic rings. The van der Waals surface area contributed by atoms with Gasteiger partial charge in [0.1, 0.15) is 0 Å². The van der Waals surface area contributed by atoms with Gasteiger partial charge in [0.2, 0.25) is 0 Å². The van der Waals surface area contributed by atoms with Gasteiger partial charge in [-0.15, -0.1) is 0 Å². The van der Waals surface area contributed by atoms with Crippen LogP contribution in [-0.2, 0) is 11.1 Å². The molecule has 0 aliphatic heterocycles. The van der Waals surface area contributed by atoms with Crippen LogP contribution < -0.4 is 0 Å². The largest absolute Gasteiger partial charge is 0.768 e. The van der Waals surface area contributed by atoms with Crippen LogP contribution in [0.15, 0.2) is 35.7 Å². The molecule has 0 heterocycles. The van der Waals surface area contributed by atoms with Gasteiger partial charge in [-0.25, -0.2) is 0 Å². The molecule has 1 rings (SSSR count). The van der Waals surface area contributed by atoms with Gasteiger partial charge in [-0.05, 0) is 28.8 Å². The second kappa shape index (κ2) is 3.46. The summed E-state index contributed by atoms with van der Waals surface area (Å²) in [7, 11) is 0. The van der Waals surface area contributed by atoms with Gasteiger partial charge >= 0.3 is 0 Å². The molecule has 0 fully saturated rings. The normalized spacial score (nSPS) is 12.5. The third-order valence-electron chi connectivity index (χ3n) is 1.31. The summed E-state index contributed by atoms with van der Waals surface area (Å²) in [5, 5.41) is 0. The Kier molecular flexibility index (Phi) is 2.57. The Morgan fingerprint density at radius 1 is 1.36 bits per heavy atom. The van der Waals surface area contributed by atoms with Gasteiger partial charge in [0.05, 0.1) is 0 Å². The van der Waals surface area contributed by atoms with Gasteiger partial charge in [0.25, 0.3) is 0 Å². The van der Waals surface area contributed by atoms with Gasteiger partial charge in [0, 0.05) is 4.90 Å². The lowest BCUT2D eigenvalue weighted by molar-refractivity contribution is 0.537. The van der Waals surface area contributed by atoms with E-state index in [1.165, 1.54) is 0 Å². The molecule has 0 radical (unpaired) electrons. The first-order valence-corrected chi connectivity index (χ1v) is 4.13. The maximum absolute atomic E-state index is 10.4. The van der Waals surface area contributed by atoms with Crippen LogP contribution >= 0.6 is 0 Å². The van der Waals surface area contributed by atoms with E-state index < -0.39 is 11.1 Å². The molecular formula is C8H7O2S-. The fourth-order valence-electron chi connectivity index (χ4n) is 0.715. The van der Waals surface area contributed by atoms with Crippen LogP contribution in [0.4, 0.5) is 0 Å². The van der Waals surface area contributed by atoms with Gasteiger partial charge in [-0.1, -0.05) is 24.8 Å². The summed E-state index contributed by atoms with van der Waals surface area (Å²) in [6.45, 7) is 3.55. The highest BCUT2D eigenvalue weighted by molar-refractivity contribution is 7.79. The molecule has 0 spiro atoms. The van der Waals surface area contributed by atoms with Crippen LogP contribution in [0.2, 0.25) is 0 Å². The predicted molar refractivity (Wildman–Crippen MR) is 43.7 cm³/mol. The molecule has 0 aliphatic carbocycles. The Hall–Kier alpha value is -0.930. The van der Waals surface area contributed by atoms with E-state index in [0.717, 1.165) is 5.56 Å². The monoisotopic (exact) mass is 167 g/mol. The zero-order valence-corrected chi connectivity index (χ0v) is 6.64.